The van der Waals surface area contributed by atoms with Gasteiger partial charge in [-0.1, -0.05) is 71.4 Å². The van der Waals surface area contributed by atoms with Crippen LogP contribution in [0.1, 0.15) is 65.5 Å². The molecule has 2 aliphatic heterocycles. The molecule has 0 spiro atoms. The van der Waals surface area contributed by atoms with Crippen molar-refractivity contribution in [2.45, 2.75) is 96.3 Å². The first kappa shape index (κ1) is 26.9. The predicted octanol–water partition coefficient (Wildman–Crippen LogP) is 4.62. The van der Waals surface area contributed by atoms with Gasteiger partial charge in [0.2, 0.25) is 0 Å². The largest absolute Gasteiger partial charge is 0.461 e. The maximum absolute atomic E-state index is 12.8. The summed E-state index contributed by atoms with van der Waals surface area (Å²) in [4.78, 5) is 19.2. The van der Waals surface area contributed by atoms with E-state index in [9.17, 15) is 4.79 Å². The van der Waals surface area contributed by atoms with E-state index < -0.39 is 14.4 Å². The Bertz CT molecular complexity index is 886. The number of ether oxygens (including phenoxy) is 1. The van der Waals surface area contributed by atoms with Crippen LogP contribution in [-0.4, -0.2) is 50.8 Å². The number of benzene rings is 1. The second kappa shape index (κ2) is 11.8. The maximum Gasteiger partial charge on any atom is 0.326 e. The third-order valence-corrected chi connectivity index (χ3v) is 13.2. The number of nitrogens with two attached hydrogens (primary N) is 1. The van der Waals surface area contributed by atoms with E-state index >= 15 is 0 Å². The zero-order valence-corrected chi connectivity index (χ0v) is 22.7. The summed E-state index contributed by atoms with van der Waals surface area (Å²) in [5.41, 5.74) is 8.48. The lowest BCUT2D eigenvalue weighted by atomic mass is 9.93. The van der Waals surface area contributed by atoms with Crippen LogP contribution in [0.2, 0.25) is 17.1 Å². The van der Waals surface area contributed by atoms with Crippen molar-refractivity contribution >= 4 is 14.3 Å². The Kier molecular flexibility index (Phi) is 9.36. The van der Waals surface area contributed by atoms with Gasteiger partial charge in [-0.25, -0.2) is 0 Å². The van der Waals surface area contributed by atoms with Crippen LogP contribution < -0.4 is 5.73 Å². The summed E-state index contributed by atoms with van der Waals surface area (Å²) in [5, 5.41) is 1.81. The molecule has 1 aromatic carbocycles. The van der Waals surface area contributed by atoms with Crippen LogP contribution in [0.4, 0.5) is 0 Å². The van der Waals surface area contributed by atoms with Gasteiger partial charge in [-0.15, -0.1) is 0 Å². The van der Waals surface area contributed by atoms with Crippen molar-refractivity contribution in [1.29, 1.82) is 0 Å². The zero-order chi connectivity index (χ0) is 24.9. The smallest absolute Gasteiger partial charge is 0.326 e. The molecule has 2 N–H and O–H groups in total. The van der Waals surface area contributed by atoms with E-state index in [4.69, 9.17) is 19.7 Å². The second-order valence-corrected chi connectivity index (χ2v) is 15.3. The number of rotatable bonds is 10. The fourth-order valence-corrected chi connectivity index (χ4v) is 10.2. The van der Waals surface area contributed by atoms with Crippen molar-refractivity contribution in [1.82, 2.24) is 5.06 Å². The van der Waals surface area contributed by atoms with E-state index in [0.717, 1.165) is 17.2 Å². The first-order chi connectivity index (χ1) is 16.2. The summed E-state index contributed by atoms with van der Waals surface area (Å²) in [6.45, 7) is 14.7. The highest BCUT2D eigenvalue weighted by Crippen LogP contribution is 2.42. The van der Waals surface area contributed by atoms with Crippen LogP contribution in [0.3, 0.4) is 0 Å². The molecule has 3 rings (SSSR count). The highest BCUT2D eigenvalue weighted by atomic mass is 28.4. The van der Waals surface area contributed by atoms with Gasteiger partial charge < -0.3 is 14.9 Å². The SMILES string of the molecule is CCCC[Si](OC[C@@H]1ON(Cc2cccc(C#CCN)c2)[C@@H]2C(=O)O[C@@H](C)[C@H]12)(C(C)C)C(C)C. The van der Waals surface area contributed by atoms with Crippen molar-refractivity contribution in [3.63, 3.8) is 0 Å². The number of hydrogen-bond acceptors (Lipinski definition) is 6. The number of esters is 1. The summed E-state index contributed by atoms with van der Waals surface area (Å²) in [5.74, 6) is 5.72. The molecule has 0 bridgehead atoms. The van der Waals surface area contributed by atoms with Crippen LogP contribution in [0, 0.1) is 17.8 Å². The Morgan fingerprint density at radius 1 is 1.24 bits per heavy atom. The lowest BCUT2D eigenvalue weighted by molar-refractivity contribution is -0.195. The van der Waals surface area contributed by atoms with Crippen molar-refractivity contribution in [2.75, 3.05) is 13.2 Å². The number of hydroxylamine groups is 2. The number of hydrogen-bond donors (Lipinski definition) is 1. The number of unbranched alkanes of at least 4 members (excludes halogenated alkanes) is 1. The van der Waals surface area contributed by atoms with Gasteiger partial charge in [-0.2, -0.15) is 5.06 Å². The van der Waals surface area contributed by atoms with E-state index in [2.05, 4.69) is 46.5 Å². The van der Waals surface area contributed by atoms with E-state index in [1.807, 2.05) is 31.2 Å². The molecule has 34 heavy (non-hydrogen) atoms. The van der Waals surface area contributed by atoms with Crippen molar-refractivity contribution in [3.8, 4) is 11.8 Å². The Hall–Kier alpha value is -1.69. The van der Waals surface area contributed by atoms with Crippen LogP contribution in [0.15, 0.2) is 24.3 Å². The minimum absolute atomic E-state index is 0.0371. The Morgan fingerprint density at radius 3 is 2.62 bits per heavy atom. The van der Waals surface area contributed by atoms with Gasteiger partial charge in [-0.3, -0.25) is 9.63 Å². The van der Waals surface area contributed by atoms with Crippen LogP contribution in [0.5, 0.6) is 0 Å². The molecule has 2 saturated heterocycles. The molecule has 0 radical (unpaired) electrons. The minimum Gasteiger partial charge on any atom is -0.461 e. The number of carbonyl (C=O) groups is 1. The van der Waals surface area contributed by atoms with Crippen LogP contribution in [-0.2, 0) is 25.3 Å². The molecule has 2 aliphatic rings. The maximum atomic E-state index is 12.8. The molecule has 2 heterocycles. The zero-order valence-electron chi connectivity index (χ0n) is 21.7. The Labute approximate surface area is 206 Å². The highest BCUT2D eigenvalue weighted by Gasteiger charge is 2.57. The lowest BCUT2D eigenvalue weighted by Gasteiger charge is -2.40. The van der Waals surface area contributed by atoms with E-state index in [0.29, 0.717) is 30.8 Å². The molecule has 0 aliphatic carbocycles. The van der Waals surface area contributed by atoms with Gasteiger partial charge in [0.1, 0.15) is 18.2 Å². The molecule has 4 atom stereocenters. The number of carbonyl (C=O) groups excluding carboxylic acids is 1. The molecule has 0 amide bonds. The van der Waals surface area contributed by atoms with Gasteiger partial charge in [0.15, 0.2) is 8.32 Å². The normalized spacial score (nSPS) is 24.9. The first-order valence-electron chi connectivity index (χ1n) is 12.8. The summed E-state index contributed by atoms with van der Waals surface area (Å²) in [6.07, 6.45) is 1.97. The van der Waals surface area contributed by atoms with Crippen molar-refractivity contribution in [2.24, 2.45) is 11.7 Å². The van der Waals surface area contributed by atoms with Gasteiger partial charge in [0.05, 0.1) is 25.6 Å². The molecule has 1 aromatic rings. The molecule has 0 unspecified atom stereocenters. The monoisotopic (exact) mass is 486 g/mol. The highest BCUT2D eigenvalue weighted by molar-refractivity contribution is 6.76. The molecule has 0 saturated carbocycles. The Morgan fingerprint density at radius 2 is 1.97 bits per heavy atom. The topological polar surface area (TPSA) is 74.0 Å². The second-order valence-electron chi connectivity index (χ2n) is 10.3. The van der Waals surface area contributed by atoms with Gasteiger partial charge >= 0.3 is 5.97 Å². The molecule has 2 fully saturated rings. The third kappa shape index (κ3) is 5.75. The number of fused-ring (bicyclic) bond motifs is 1. The Balaban J connectivity index is 1.78. The van der Waals surface area contributed by atoms with Crippen molar-refractivity contribution < 1.29 is 18.8 Å². The lowest BCUT2D eigenvalue weighted by Crippen LogP contribution is -2.47. The fourth-order valence-electron chi connectivity index (χ4n) is 5.57. The summed E-state index contributed by atoms with van der Waals surface area (Å²) < 4.78 is 12.5. The summed E-state index contributed by atoms with van der Waals surface area (Å²) in [7, 11) is -1.99. The van der Waals surface area contributed by atoms with Gasteiger partial charge in [0.25, 0.3) is 0 Å². The molecule has 0 aromatic heterocycles. The fraction of sp³-hybridized carbons (Fsp3) is 0.667. The third-order valence-electron chi connectivity index (χ3n) is 7.45. The molecular formula is C27H42N2O4Si. The van der Waals surface area contributed by atoms with Gasteiger partial charge in [0, 0.05) is 5.56 Å². The molecular weight excluding hydrogens is 444 g/mol. The van der Waals surface area contributed by atoms with Crippen LogP contribution >= 0.6 is 0 Å². The standard InChI is InChI=1S/C27H42N2O4Si/c1-7-8-15-34(19(2)3,20(4)5)31-18-24-25-21(6)32-27(30)26(25)29(33-24)17-23-12-9-11-22(16-23)13-10-14-28/h9,11-12,16,19-21,24-26H,7-8,14-15,17-18,28H2,1-6H3/t21-,24-,25+,26-/m0/s1. The average Bonchev–Trinajstić information content (AvgIpc) is 3.30. The molecule has 188 valence electrons. The van der Waals surface area contributed by atoms with E-state index in [-0.39, 0.29) is 24.1 Å². The van der Waals surface area contributed by atoms with Crippen molar-refractivity contribution in [3.05, 3.63) is 35.4 Å². The quantitative estimate of drug-likeness (QED) is 0.295. The van der Waals surface area contributed by atoms with Crippen LogP contribution in [0.25, 0.3) is 0 Å². The van der Waals surface area contributed by atoms with E-state index in [1.54, 1.807) is 5.06 Å². The number of nitrogens with zero attached hydrogens (tertiary/aromatic N) is 1. The summed E-state index contributed by atoms with van der Waals surface area (Å²) in [6, 6.07) is 8.73. The summed E-state index contributed by atoms with van der Waals surface area (Å²) >= 11 is 0. The molecule has 6 nitrogen and oxygen atoms in total. The average molecular weight is 487 g/mol. The van der Waals surface area contributed by atoms with E-state index in [1.165, 1.54) is 12.8 Å². The minimum atomic E-state index is -1.99. The number of cyclic esters (lactones) is 1. The molecule has 7 heteroatoms. The van der Waals surface area contributed by atoms with Gasteiger partial charge in [-0.05, 0) is 41.7 Å². The predicted molar refractivity (Wildman–Crippen MR) is 137 cm³/mol. The first-order valence-corrected chi connectivity index (χ1v) is 15.1.